The summed E-state index contributed by atoms with van der Waals surface area (Å²) in [6, 6.07) is -0.428. The Balaban J connectivity index is 2.18. The average Bonchev–Trinajstić information content (AvgIpc) is 2.75. The zero-order chi connectivity index (χ0) is 11.8. The Bertz CT molecular complexity index is 207. The van der Waals surface area contributed by atoms with Gasteiger partial charge in [-0.15, -0.1) is 0 Å². The molecule has 1 aliphatic rings. The maximum Gasteiger partial charge on any atom is 0.320 e. The van der Waals surface area contributed by atoms with Gasteiger partial charge in [0.05, 0.1) is 6.10 Å². The van der Waals surface area contributed by atoms with Crippen molar-refractivity contribution in [2.24, 2.45) is 0 Å². The van der Waals surface area contributed by atoms with Crippen molar-refractivity contribution in [3.05, 3.63) is 0 Å². The van der Waals surface area contributed by atoms with Crippen LogP contribution in [0.5, 0.6) is 0 Å². The molecular formula is C11H21NO3S. The number of carboxylic acids is 1. The summed E-state index contributed by atoms with van der Waals surface area (Å²) >= 11 is 1.78. The molecule has 0 spiro atoms. The molecule has 0 aromatic heterocycles. The van der Waals surface area contributed by atoms with Gasteiger partial charge in [-0.05, 0) is 30.8 Å². The first kappa shape index (κ1) is 13.8. The van der Waals surface area contributed by atoms with E-state index in [1.165, 1.54) is 0 Å². The van der Waals surface area contributed by atoms with E-state index in [1.54, 1.807) is 11.8 Å². The van der Waals surface area contributed by atoms with Crippen LogP contribution in [-0.4, -0.2) is 47.9 Å². The Kier molecular flexibility index (Phi) is 6.84. The summed E-state index contributed by atoms with van der Waals surface area (Å²) in [4.78, 5) is 11.0. The number of ether oxygens (including phenoxy) is 1. The number of aliphatic carboxylic acids is 1. The fourth-order valence-corrected chi connectivity index (χ4v) is 2.43. The quantitative estimate of drug-likeness (QED) is 0.634. The van der Waals surface area contributed by atoms with Gasteiger partial charge in [-0.2, -0.15) is 11.8 Å². The van der Waals surface area contributed by atoms with Crippen LogP contribution < -0.4 is 5.32 Å². The molecule has 5 heteroatoms. The summed E-state index contributed by atoms with van der Waals surface area (Å²) in [5.74, 6) is 1.18. The van der Waals surface area contributed by atoms with Crippen LogP contribution in [-0.2, 0) is 9.53 Å². The number of hydrogen-bond donors (Lipinski definition) is 2. The van der Waals surface area contributed by atoms with Crippen molar-refractivity contribution in [2.45, 2.75) is 38.3 Å². The molecule has 94 valence electrons. The summed E-state index contributed by atoms with van der Waals surface area (Å²) in [7, 11) is 0. The van der Waals surface area contributed by atoms with Crippen molar-refractivity contribution in [1.82, 2.24) is 5.32 Å². The molecule has 0 bridgehead atoms. The second-order valence-electron chi connectivity index (χ2n) is 3.92. The number of carbonyl (C=O) groups is 1. The predicted octanol–water partition coefficient (Wildman–Crippen LogP) is 1.35. The van der Waals surface area contributed by atoms with Gasteiger partial charge in [0.25, 0.3) is 0 Å². The van der Waals surface area contributed by atoms with Crippen LogP contribution in [0, 0.1) is 0 Å². The van der Waals surface area contributed by atoms with Crippen LogP contribution in [0.25, 0.3) is 0 Å². The van der Waals surface area contributed by atoms with Crippen molar-refractivity contribution in [3.63, 3.8) is 0 Å². The molecule has 0 saturated carbocycles. The van der Waals surface area contributed by atoms with Crippen LogP contribution in [0.4, 0.5) is 0 Å². The van der Waals surface area contributed by atoms with Crippen LogP contribution in [0.15, 0.2) is 0 Å². The van der Waals surface area contributed by atoms with E-state index >= 15 is 0 Å². The first-order chi connectivity index (χ1) is 7.74. The van der Waals surface area contributed by atoms with E-state index in [-0.39, 0.29) is 6.10 Å². The van der Waals surface area contributed by atoms with Crippen LogP contribution in [0.2, 0.25) is 0 Å². The second kappa shape index (κ2) is 7.92. The number of rotatable bonds is 8. The van der Waals surface area contributed by atoms with Crippen LogP contribution >= 0.6 is 11.8 Å². The molecule has 2 atom stereocenters. The van der Waals surface area contributed by atoms with Crippen molar-refractivity contribution in [2.75, 3.05) is 24.7 Å². The molecule has 1 fully saturated rings. The van der Waals surface area contributed by atoms with Crippen molar-refractivity contribution in [1.29, 1.82) is 0 Å². The van der Waals surface area contributed by atoms with E-state index in [9.17, 15) is 4.79 Å². The van der Waals surface area contributed by atoms with Crippen LogP contribution in [0.3, 0.4) is 0 Å². The van der Waals surface area contributed by atoms with Crippen molar-refractivity contribution < 1.29 is 14.6 Å². The zero-order valence-corrected chi connectivity index (χ0v) is 10.6. The van der Waals surface area contributed by atoms with E-state index in [0.29, 0.717) is 13.0 Å². The van der Waals surface area contributed by atoms with E-state index in [2.05, 4.69) is 12.2 Å². The molecule has 1 heterocycles. The first-order valence-electron chi connectivity index (χ1n) is 5.89. The molecule has 2 unspecified atom stereocenters. The van der Waals surface area contributed by atoms with Gasteiger partial charge < -0.3 is 15.2 Å². The van der Waals surface area contributed by atoms with Crippen LogP contribution in [0.1, 0.15) is 26.2 Å². The molecule has 1 aliphatic heterocycles. The second-order valence-corrected chi connectivity index (χ2v) is 5.31. The van der Waals surface area contributed by atoms with E-state index in [4.69, 9.17) is 9.84 Å². The average molecular weight is 247 g/mol. The summed E-state index contributed by atoms with van der Waals surface area (Å²) < 4.78 is 5.45. The van der Waals surface area contributed by atoms with Crippen molar-refractivity contribution >= 4 is 17.7 Å². The molecule has 4 nitrogen and oxygen atoms in total. The molecule has 0 radical (unpaired) electrons. The van der Waals surface area contributed by atoms with E-state index < -0.39 is 12.0 Å². The smallest absolute Gasteiger partial charge is 0.320 e. The molecule has 2 N–H and O–H groups in total. The van der Waals surface area contributed by atoms with Gasteiger partial charge in [-0.3, -0.25) is 4.79 Å². The normalized spacial score (nSPS) is 22.2. The SMILES string of the molecule is CCSCCC(NCC1CCCO1)C(=O)O. The van der Waals surface area contributed by atoms with E-state index in [0.717, 1.165) is 31.0 Å². The monoisotopic (exact) mass is 247 g/mol. The standard InChI is InChI=1S/C11H21NO3S/c1-2-16-7-5-10(11(13)14)12-8-9-4-3-6-15-9/h9-10,12H,2-8H2,1H3,(H,13,14). The fourth-order valence-electron chi connectivity index (χ4n) is 1.74. The third kappa shape index (κ3) is 5.18. The molecule has 0 aromatic rings. The topological polar surface area (TPSA) is 58.6 Å². The van der Waals surface area contributed by atoms with E-state index in [1.807, 2.05) is 0 Å². The minimum Gasteiger partial charge on any atom is -0.480 e. The zero-order valence-electron chi connectivity index (χ0n) is 9.78. The third-order valence-corrected chi connectivity index (χ3v) is 3.60. The molecule has 1 rings (SSSR count). The fraction of sp³-hybridized carbons (Fsp3) is 0.909. The minimum absolute atomic E-state index is 0.209. The lowest BCUT2D eigenvalue weighted by Crippen LogP contribution is -2.41. The molecule has 0 aliphatic carbocycles. The Hall–Kier alpha value is -0.260. The highest BCUT2D eigenvalue weighted by molar-refractivity contribution is 7.99. The lowest BCUT2D eigenvalue weighted by molar-refractivity contribution is -0.139. The minimum atomic E-state index is -0.755. The summed E-state index contributed by atoms with van der Waals surface area (Å²) in [6.07, 6.45) is 3.03. The highest BCUT2D eigenvalue weighted by atomic mass is 32.2. The summed E-state index contributed by atoms with van der Waals surface area (Å²) in [5, 5.41) is 12.1. The van der Waals surface area contributed by atoms with Gasteiger partial charge >= 0.3 is 5.97 Å². The molecule has 0 aromatic carbocycles. The summed E-state index contributed by atoms with van der Waals surface area (Å²) in [6.45, 7) is 3.56. The molecular weight excluding hydrogens is 226 g/mol. The molecule has 16 heavy (non-hydrogen) atoms. The predicted molar refractivity (Wildman–Crippen MR) is 66.0 cm³/mol. The highest BCUT2D eigenvalue weighted by Crippen LogP contribution is 2.11. The van der Waals surface area contributed by atoms with Gasteiger partial charge in [0.15, 0.2) is 0 Å². The Morgan fingerprint density at radius 2 is 2.50 bits per heavy atom. The van der Waals surface area contributed by atoms with Crippen molar-refractivity contribution in [3.8, 4) is 0 Å². The Morgan fingerprint density at radius 1 is 1.69 bits per heavy atom. The summed E-state index contributed by atoms with van der Waals surface area (Å²) in [5.41, 5.74) is 0. The van der Waals surface area contributed by atoms with Gasteiger partial charge in [0.2, 0.25) is 0 Å². The first-order valence-corrected chi connectivity index (χ1v) is 7.05. The highest BCUT2D eigenvalue weighted by Gasteiger charge is 2.20. The lowest BCUT2D eigenvalue weighted by atomic mass is 10.2. The largest absolute Gasteiger partial charge is 0.480 e. The maximum atomic E-state index is 11.0. The number of nitrogens with one attached hydrogen (secondary N) is 1. The van der Waals surface area contributed by atoms with Gasteiger partial charge in [0, 0.05) is 13.2 Å². The third-order valence-electron chi connectivity index (χ3n) is 2.67. The Labute approximate surface area is 101 Å². The molecule has 1 saturated heterocycles. The number of hydrogen-bond acceptors (Lipinski definition) is 4. The number of carboxylic acid groups (broad SMARTS) is 1. The number of thioether (sulfide) groups is 1. The lowest BCUT2D eigenvalue weighted by Gasteiger charge is -2.16. The van der Waals surface area contributed by atoms with Gasteiger partial charge in [-0.25, -0.2) is 0 Å². The van der Waals surface area contributed by atoms with Gasteiger partial charge in [-0.1, -0.05) is 6.92 Å². The Morgan fingerprint density at radius 3 is 3.06 bits per heavy atom. The molecule has 0 amide bonds. The maximum absolute atomic E-state index is 11.0. The van der Waals surface area contributed by atoms with Gasteiger partial charge in [0.1, 0.15) is 6.04 Å².